The molecule has 0 aliphatic heterocycles. The van der Waals surface area contributed by atoms with Crippen molar-refractivity contribution in [2.75, 3.05) is 13.1 Å². The Morgan fingerprint density at radius 1 is 0.692 bits per heavy atom. The van der Waals surface area contributed by atoms with Crippen LogP contribution < -0.4 is 5.32 Å². The maximum atomic E-state index is 3.28. The average Bonchev–Trinajstić information content (AvgIpc) is 2.22. The van der Waals surface area contributed by atoms with Crippen LogP contribution in [-0.4, -0.2) is 13.1 Å². The topological polar surface area (TPSA) is 12.0 Å². The highest BCUT2D eigenvalue weighted by atomic mass is 14.8. The molecule has 74 valence electrons. The Hall–Kier alpha value is -0.820. The zero-order chi connectivity index (χ0) is 9.78. The summed E-state index contributed by atoms with van der Waals surface area (Å²) in [5, 5.41) is 3.28. The first-order chi connectivity index (χ1) is 6.41. The van der Waals surface area contributed by atoms with Crippen LogP contribution in [0.15, 0.2) is 36.4 Å². The highest BCUT2D eigenvalue weighted by Gasteiger charge is 1.76. The van der Waals surface area contributed by atoms with Crippen LogP contribution in [0.4, 0.5) is 0 Å². The van der Waals surface area contributed by atoms with E-state index in [2.05, 4.69) is 19.2 Å². The molecule has 1 aromatic carbocycles. The smallest absolute Gasteiger partial charge is 0.00516 e. The summed E-state index contributed by atoms with van der Waals surface area (Å²) in [6, 6.07) is 12.0. The number of hydrogen-bond acceptors (Lipinski definition) is 1. The van der Waals surface area contributed by atoms with E-state index in [9.17, 15) is 0 Å². The molecule has 0 radical (unpaired) electrons. The second-order valence-corrected chi connectivity index (χ2v) is 2.90. The van der Waals surface area contributed by atoms with Gasteiger partial charge in [0.2, 0.25) is 0 Å². The highest BCUT2D eigenvalue weighted by Crippen LogP contribution is 1.79. The molecule has 0 saturated carbocycles. The molecule has 0 saturated heterocycles. The van der Waals surface area contributed by atoms with Gasteiger partial charge in [-0.2, -0.15) is 0 Å². The van der Waals surface area contributed by atoms with Crippen LogP contribution in [0.1, 0.15) is 26.7 Å². The van der Waals surface area contributed by atoms with Crippen molar-refractivity contribution >= 4 is 0 Å². The standard InChI is InChI=1S/C6H15N.C6H6/c1-3-5-7-6-4-2;1-2-4-6-5-3-1/h7H,3-6H2,1-2H3;1-6H. The summed E-state index contributed by atoms with van der Waals surface area (Å²) in [5.74, 6) is 0. The normalized spacial score (nSPS) is 8.77. The SMILES string of the molecule is CCCNCCC.c1ccccc1. The Morgan fingerprint density at radius 2 is 1.00 bits per heavy atom. The van der Waals surface area contributed by atoms with Crippen LogP contribution in [0, 0.1) is 0 Å². The van der Waals surface area contributed by atoms with Gasteiger partial charge < -0.3 is 5.32 Å². The minimum absolute atomic E-state index is 1.17. The van der Waals surface area contributed by atoms with Crippen LogP contribution in [0.3, 0.4) is 0 Å². The quantitative estimate of drug-likeness (QED) is 0.700. The molecular weight excluding hydrogens is 158 g/mol. The van der Waals surface area contributed by atoms with Gasteiger partial charge in [0.25, 0.3) is 0 Å². The van der Waals surface area contributed by atoms with Gasteiger partial charge in [0.15, 0.2) is 0 Å². The fraction of sp³-hybridized carbons (Fsp3) is 0.500. The van der Waals surface area contributed by atoms with Crippen molar-refractivity contribution < 1.29 is 0 Å². The molecule has 0 aliphatic carbocycles. The predicted molar refractivity (Wildman–Crippen MR) is 59.9 cm³/mol. The van der Waals surface area contributed by atoms with Crippen LogP contribution in [0.2, 0.25) is 0 Å². The van der Waals surface area contributed by atoms with Gasteiger partial charge in [0, 0.05) is 0 Å². The van der Waals surface area contributed by atoms with Crippen LogP contribution in [-0.2, 0) is 0 Å². The van der Waals surface area contributed by atoms with Gasteiger partial charge in [-0.1, -0.05) is 50.2 Å². The third-order valence-corrected chi connectivity index (χ3v) is 1.52. The summed E-state index contributed by atoms with van der Waals surface area (Å²) in [5.41, 5.74) is 0. The molecule has 13 heavy (non-hydrogen) atoms. The Labute approximate surface area is 82.2 Å². The first-order valence-electron chi connectivity index (χ1n) is 5.12. The summed E-state index contributed by atoms with van der Waals surface area (Å²) >= 11 is 0. The third-order valence-electron chi connectivity index (χ3n) is 1.52. The van der Waals surface area contributed by atoms with Crippen molar-refractivity contribution in [3.05, 3.63) is 36.4 Å². The molecule has 0 atom stereocenters. The maximum Gasteiger partial charge on any atom is -0.00516 e. The summed E-state index contributed by atoms with van der Waals surface area (Å²) < 4.78 is 0. The lowest BCUT2D eigenvalue weighted by Crippen LogP contribution is -2.14. The zero-order valence-corrected chi connectivity index (χ0v) is 8.79. The lowest BCUT2D eigenvalue weighted by Gasteiger charge is -1.95. The minimum atomic E-state index is 1.17. The van der Waals surface area contributed by atoms with Crippen molar-refractivity contribution in [3.8, 4) is 0 Å². The first kappa shape index (κ1) is 12.2. The van der Waals surface area contributed by atoms with Crippen molar-refractivity contribution in [2.24, 2.45) is 0 Å². The Bertz CT molecular complexity index is 129. The van der Waals surface area contributed by atoms with E-state index in [1.165, 1.54) is 25.9 Å². The number of nitrogens with one attached hydrogen (secondary N) is 1. The molecule has 1 heteroatoms. The van der Waals surface area contributed by atoms with Crippen molar-refractivity contribution in [3.63, 3.8) is 0 Å². The van der Waals surface area contributed by atoms with E-state index in [1.807, 2.05) is 36.4 Å². The van der Waals surface area contributed by atoms with Gasteiger partial charge >= 0.3 is 0 Å². The third kappa shape index (κ3) is 11.2. The van der Waals surface area contributed by atoms with Crippen molar-refractivity contribution in [1.29, 1.82) is 0 Å². The maximum absolute atomic E-state index is 3.28. The Kier molecular flexibility index (Phi) is 10.5. The molecule has 1 nitrogen and oxygen atoms in total. The fourth-order valence-corrected chi connectivity index (χ4v) is 0.863. The average molecular weight is 179 g/mol. The molecule has 0 spiro atoms. The molecule has 1 aromatic rings. The predicted octanol–water partition coefficient (Wildman–Crippen LogP) is 3.08. The van der Waals surface area contributed by atoms with Gasteiger partial charge in [-0.25, -0.2) is 0 Å². The van der Waals surface area contributed by atoms with Gasteiger partial charge in [-0.3, -0.25) is 0 Å². The van der Waals surface area contributed by atoms with Crippen LogP contribution >= 0.6 is 0 Å². The second-order valence-electron chi connectivity index (χ2n) is 2.90. The number of rotatable bonds is 4. The number of benzene rings is 1. The van der Waals surface area contributed by atoms with E-state index < -0.39 is 0 Å². The largest absolute Gasteiger partial charge is 0.317 e. The molecule has 0 aromatic heterocycles. The van der Waals surface area contributed by atoms with Crippen LogP contribution in [0.25, 0.3) is 0 Å². The van der Waals surface area contributed by atoms with E-state index in [0.29, 0.717) is 0 Å². The van der Waals surface area contributed by atoms with E-state index in [1.54, 1.807) is 0 Å². The molecule has 0 heterocycles. The number of hydrogen-bond donors (Lipinski definition) is 1. The second kappa shape index (κ2) is 11.2. The lowest BCUT2D eigenvalue weighted by molar-refractivity contribution is 0.662. The summed E-state index contributed by atoms with van der Waals surface area (Å²) in [6.45, 7) is 6.72. The van der Waals surface area contributed by atoms with Gasteiger partial charge in [-0.15, -0.1) is 0 Å². The van der Waals surface area contributed by atoms with Gasteiger partial charge in [0.05, 0.1) is 0 Å². The van der Waals surface area contributed by atoms with E-state index in [4.69, 9.17) is 0 Å². The van der Waals surface area contributed by atoms with Gasteiger partial charge in [0.1, 0.15) is 0 Å². The first-order valence-corrected chi connectivity index (χ1v) is 5.12. The monoisotopic (exact) mass is 179 g/mol. The molecule has 0 bridgehead atoms. The molecule has 0 aliphatic rings. The summed E-state index contributed by atoms with van der Waals surface area (Å²) in [4.78, 5) is 0. The van der Waals surface area contributed by atoms with Crippen molar-refractivity contribution in [2.45, 2.75) is 26.7 Å². The molecular formula is C12H21N. The minimum Gasteiger partial charge on any atom is -0.317 e. The van der Waals surface area contributed by atoms with E-state index in [-0.39, 0.29) is 0 Å². The molecule has 0 fully saturated rings. The summed E-state index contributed by atoms with van der Waals surface area (Å²) in [6.07, 6.45) is 2.50. The van der Waals surface area contributed by atoms with Crippen molar-refractivity contribution in [1.82, 2.24) is 5.32 Å². The fourth-order valence-electron chi connectivity index (χ4n) is 0.863. The highest BCUT2D eigenvalue weighted by molar-refractivity contribution is 4.99. The van der Waals surface area contributed by atoms with Crippen LogP contribution in [0.5, 0.6) is 0 Å². The van der Waals surface area contributed by atoms with Gasteiger partial charge in [-0.05, 0) is 25.9 Å². The molecule has 1 N–H and O–H groups in total. The zero-order valence-electron chi connectivity index (χ0n) is 8.79. The summed E-state index contributed by atoms with van der Waals surface area (Å²) in [7, 11) is 0. The lowest BCUT2D eigenvalue weighted by atomic mass is 10.4. The molecule has 0 amide bonds. The van der Waals surface area contributed by atoms with E-state index in [0.717, 1.165) is 0 Å². The van der Waals surface area contributed by atoms with E-state index >= 15 is 0 Å². The molecule has 1 rings (SSSR count). The Morgan fingerprint density at radius 3 is 1.23 bits per heavy atom. The Balaban J connectivity index is 0.000000223. The molecule has 0 unspecified atom stereocenters.